The Morgan fingerprint density at radius 1 is 0.471 bits per heavy atom. The maximum absolute atomic E-state index is 2.80. The van der Waals surface area contributed by atoms with Crippen LogP contribution in [0.2, 0.25) is 0 Å². The molecule has 0 aromatic heterocycles. The van der Waals surface area contributed by atoms with Crippen molar-refractivity contribution in [2.75, 3.05) is 13.1 Å². The van der Waals surface area contributed by atoms with Crippen molar-refractivity contribution < 1.29 is 0 Å². The molecule has 0 spiro atoms. The fourth-order valence-electron chi connectivity index (χ4n) is 3.61. The van der Waals surface area contributed by atoms with Crippen LogP contribution in [0.5, 0.6) is 0 Å². The molecule has 0 aromatic carbocycles. The van der Waals surface area contributed by atoms with Gasteiger partial charge >= 0.3 is 0 Å². The molecule has 2 fully saturated rings. The fourth-order valence-corrected chi connectivity index (χ4v) is 3.61. The van der Waals surface area contributed by atoms with E-state index in [0.29, 0.717) is 0 Å². The minimum Gasteiger partial charge on any atom is -0.300 e. The molecular formula is C16H31N. The summed E-state index contributed by atoms with van der Waals surface area (Å²) in [5, 5.41) is 0. The molecule has 0 N–H and O–H groups in total. The van der Waals surface area contributed by atoms with Gasteiger partial charge in [0, 0.05) is 6.04 Å². The second-order valence-electron chi connectivity index (χ2n) is 6.16. The zero-order valence-electron chi connectivity index (χ0n) is 11.6. The lowest BCUT2D eigenvalue weighted by atomic mass is 9.97. The molecule has 1 saturated heterocycles. The molecule has 2 aliphatic rings. The van der Waals surface area contributed by atoms with Crippen molar-refractivity contribution in [1.29, 1.82) is 0 Å². The van der Waals surface area contributed by atoms with Crippen molar-refractivity contribution in [3.63, 3.8) is 0 Å². The van der Waals surface area contributed by atoms with E-state index in [2.05, 4.69) is 4.90 Å². The van der Waals surface area contributed by atoms with Crippen molar-refractivity contribution in [3.05, 3.63) is 0 Å². The van der Waals surface area contributed by atoms with Crippen molar-refractivity contribution in [2.24, 2.45) is 0 Å². The lowest BCUT2D eigenvalue weighted by Crippen LogP contribution is -2.32. The van der Waals surface area contributed by atoms with E-state index < -0.39 is 0 Å². The van der Waals surface area contributed by atoms with Crippen LogP contribution in [-0.2, 0) is 0 Å². The van der Waals surface area contributed by atoms with Crippen LogP contribution in [0.3, 0.4) is 0 Å². The molecule has 1 saturated carbocycles. The molecule has 1 aliphatic carbocycles. The maximum Gasteiger partial charge on any atom is 0.00952 e. The second-order valence-corrected chi connectivity index (χ2v) is 6.16. The van der Waals surface area contributed by atoms with Gasteiger partial charge < -0.3 is 4.90 Å². The fraction of sp³-hybridized carbons (Fsp3) is 1.00. The van der Waals surface area contributed by atoms with Crippen LogP contribution in [0.25, 0.3) is 0 Å². The SMILES string of the molecule is C1CCCCCC(N2CCCC2)CCCCC1. The van der Waals surface area contributed by atoms with E-state index in [-0.39, 0.29) is 0 Å². The first-order valence-electron chi connectivity index (χ1n) is 8.21. The average molecular weight is 237 g/mol. The van der Waals surface area contributed by atoms with E-state index in [1.165, 1.54) is 96.6 Å². The van der Waals surface area contributed by atoms with Crippen LogP contribution in [0.1, 0.15) is 83.5 Å². The van der Waals surface area contributed by atoms with Gasteiger partial charge in [-0.15, -0.1) is 0 Å². The van der Waals surface area contributed by atoms with Gasteiger partial charge in [-0.3, -0.25) is 0 Å². The molecule has 1 heteroatoms. The number of hydrogen-bond acceptors (Lipinski definition) is 1. The quantitative estimate of drug-likeness (QED) is 0.636. The van der Waals surface area contributed by atoms with Gasteiger partial charge in [0.2, 0.25) is 0 Å². The highest BCUT2D eigenvalue weighted by molar-refractivity contribution is 4.76. The highest BCUT2D eigenvalue weighted by atomic mass is 15.2. The summed E-state index contributed by atoms with van der Waals surface area (Å²) in [4.78, 5) is 2.80. The summed E-state index contributed by atoms with van der Waals surface area (Å²) in [6.07, 6.45) is 19.3. The zero-order valence-corrected chi connectivity index (χ0v) is 11.6. The van der Waals surface area contributed by atoms with Crippen LogP contribution in [0.15, 0.2) is 0 Å². The maximum atomic E-state index is 2.80. The summed E-state index contributed by atoms with van der Waals surface area (Å²) in [6.45, 7) is 2.79. The van der Waals surface area contributed by atoms with Crippen molar-refractivity contribution >= 4 is 0 Å². The first-order chi connectivity index (χ1) is 8.47. The Kier molecular flexibility index (Phi) is 6.41. The van der Waals surface area contributed by atoms with Crippen molar-refractivity contribution in [3.8, 4) is 0 Å². The van der Waals surface area contributed by atoms with Gasteiger partial charge in [0.05, 0.1) is 0 Å². The van der Waals surface area contributed by atoms with E-state index in [4.69, 9.17) is 0 Å². The third-order valence-corrected chi connectivity index (χ3v) is 4.73. The Balaban J connectivity index is 1.75. The molecule has 1 aliphatic heterocycles. The highest BCUT2D eigenvalue weighted by Crippen LogP contribution is 2.23. The van der Waals surface area contributed by atoms with Gasteiger partial charge in [-0.1, -0.05) is 57.8 Å². The summed E-state index contributed by atoms with van der Waals surface area (Å²) in [5.41, 5.74) is 0. The van der Waals surface area contributed by atoms with E-state index in [9.17, 15) is 0 Å². The molecule has 2 rings (SSSR count). The smallest absolute Gasteiger partial charge is 0.00952 e. The molecule has 17 heavy (non-hydrogen) atoms. The minimum absolute atomic E-state index is 0.942. The van der Waals surface area contributed by atoms with E-state index in [1.54, 1.807) is 0 Å². The van der Waals surface area contributed by atoms with Crippen LogP contribution in [0, 0.1) is 0 Å². The summed E-state index contributed by atoms with van der Waals surface area (Å²) in [6, 6.07) is 0.942. The highest BCUT2D eigenvalue weighted by Gasteiger charge is 2.20. The summed E-state index contributed by atoms with van der Waals surface area (Å²) < 4.78 is 0. The summed E-state index contributed by atoms with van der Waals surface area (Å²) in [7, 11) is 0. The Bertz CT molecular complexity index is 172. The van der Waals surface area contributed by atoms with Gasteiger partial charge in [-0.25, -0.2) is 0 Å². The molecular weight excluding hydrogens is 206 g/mol. The lowest BCUT2D eigenvalue weighted by Gasteiger charge is -2.28. The topological polar surface area (TPSA) is 3.24 Å². The Morgan fingerprint density at radius 3 is 1.35 bits per heavy atom. The second kappa shape index (κ2) is 8.13. The molecule has 1 nitrogen and oxygen atoms in total. The standard InChI is InChI=1S/C16H31N/c1-2-4-6-8-12-16(13-9-7-5-3-1)17-14-10-11-15-17/h16H,1-15H2. The third kappa shape index (κ3) is 4.99. The van der Waals surface area contributed by atoms with Gasteiger partial charge in [-0.05, 0) is 38.8 Å². The normalized spacial score (nSPS) is 27.5. The molecule has 0 radical (unpaired) electrons. The van der Waals surface area contributed by atoms with Gasteiger partial charge in [0.15, 0.2) is 0 Å². The predicted molar refractivity (Wildman–Crippen MR) is 75.4 cm³/mol. The molecule has 100 valence electrons. The van der Waals surface area contributed by atoms with Gasteiger partial charge in [-0.2, -0.15) is 0 Å². The van der Waals surface area contributed by atoms with Gasteiger partial charge in [0.1, 0.15) is 0 Å². The lowest BCUT2D eigenvalue weighted by molar-refractivity contribution is 0.208. The largest absolute Gasteiger partial charge is 0.300 e. The number of nitrogens with zero attached hydrogens (tertiary/aromatic N) is 1. The van der Waals surface area contributed by atoms with Crippen LogP contribution in [-0.4, -0.2) is 24.0 Å². The molecule has 0 amide bonds. The number of rotatable bonds is 1. The first kappa shape index (κ1) is 13.4. The zero-order chi connectivity index (χ0) is 11.8. The van der Waals surface area contributed by atoms with E-state index >= 15 is 0 Å². The third-order valence-electron chi connectivity index (χ3n) is 4.73. The minimum atomic E-state index is 0.942. The molecule has 0 bridgehead atoms. The Hall–Kier alpha value is -0.0400. The Labute approximate surface area is 108 Å². The average Bonchev–Trinajstić information content (AvgIpc) is 2.83. The van der Waals surface area contributed by atoms with Crippen LogP contribution >= 0.6 is 0 Å². The molecule has 0 atom stereocenters. The van der Waals surface area contributed by atoms with Crippen molar-refractivity contribution in [2.45, 2.75) is 89.5 Å². The monoisotopic (exact) mass is 237 g/mol. The van der Waals surface area contributed by atoms with E-state index in [0.717, 1.165) is 6.04 Å². The first-order valence-corrected chi connectivity index (χ1v) is 8.21. The summed E-state index contributed by atoms with van der Waals surface area (Å²) >= 11 is 0. The number of likely N-dealkylation sites (tertiary alicyclic amines) is 1. The Morgan fingerprint density at radius 2 is 0.882 bits per heavy atom. The van der Waals surface area contributed by atoms with Crippen molar-refractivity contribution in [1.82, 2.24) is 4.90 Å². The van der Waals surface area contributed by atoms with Crippen LogP contribution < -0.4 is 0 Å². The van der Waals surface area contributed by atoms with E-state index in [1.807, 2.05) is 0 Å². The van der Waals surface area contributed by atoms with Crippen LogP contribution in [0.4, 0.5) is 0 Å². The molecule has 0 unspecified atom stereocenters. The predicted octanol–water partition coefficient (Wildman–Crippen LogP) is 4.76. The molecule has 0 aromatic rings. The molecule has 1 heterocycles. The van der Waals surface area contributed by atoms with Gasteiger partial charge in [0.25, 0.3) is 0 Å². The number of hydrogen-bond donors (Lipinski definition) is 0. The summed E-state index contributed by atoms with van der Waals surface area (Å²) in [5.74, 6) is 0.